The summed E-state index contributed by atoms with van der Waals surface area (Å²) in [6.07, 6.45) is -2.07. The largest absolute Gasteiger partial charge is 0.465 e. The lowest BCUT2D eigenvalue weighted by atomic mass is 9.89. The fraction of sp³-hybridized carbons (Fsp3) is 0.562. The van der Waals surface area contributed by atoms with E-state index in [2.05, 4.69) is 5.32 Å². The van der Waals surface area contributed by atoms with E-state index in [0.717, 1.165) is 5.56 Å². The molecule has 3 aliphatic heterocycles. The molecule has 0 aromatic heterocycles. The van der Waals surface area contributed by atoms with Crippen molar-refractivity contribution < 1.29 is 47.2 Å². The molecule has 14 nitrogen and oxygen atoms in total. The molecule has 2 aromatic carbocycles. The van der Waals surface area contributed by atoms with Gasteiger partial charge in [0.1, 0.15) is 0 Å². The van der Waals surface area contributed by atoms with Gasteiger partial charge in [0, 0.05) is 31.6 Å². The minimum Gasteiger partial charge on any atom is -0.465 e. The summed E-state index contributed by atoms with van der Waals surface area (Å²) in [6.45, 7) is 3.86. The number of nitrogens with one attached hydrogen (secondary N) is 1. The van der Waals surface area contributed by atoms with Crippen LogP contribution < -0.4 is 20.5 Å². The van der Waals surface area contributed by atoms with Gasteiger partial charge in [-0.05, 0) is 42.4 Å². The van der Waals surface area contributed by atoms with Crippen molar-refractivity contribution in [3.05, 3.63) is 54.1 Å². The number of carbonyl (C=O) groups excluding carboxylic acids is 1. The molecule has 0 spiro atoms. The number of aliphatic hydroxyl groups is 1. The minimum absolute atomic E-state index is 0.0349. The summed E-state index contributed by atoms with van der Waals surface area (Å²) < 4.78 is 52.1. The highest BCUT2D eigenvalue weighted by molar-refractivity contribution is 7.89. The normalized spacial score (nSPS) is 21.8. The molecule has 5 N–H and O–H groups in total. The third-order valence-corrected chi connectivity index (χ3v) is 10.8. The highest BCUT2D eigenvalue weighted by Gasteiger charge is 2.49. The predicted octanol–water partition coefficient (Wildman–Crippen LogP) is 1.61. The number of fused-ring (bicyclic) bond motifs is 2. The first-order valence-corrected chi connectivity index (χ1v) is 17.2. The molecule has 2 saturated heterocycles. The number of amides is 2. The number of rotatable bonds is 15. The van der Waals surface area contributed by atoms with E-state index in [-0.39, 0.29) is 61.9 Å². The summed E-state index contributed by atoms with van der Waals surface area (Å²) in [4.78, 5) is 25.9. The van der Waals surface area contributed by atoms with Crippen LogP contribution in [0.1, 0.15) is 32.3 Å². The molecule has 15 heteroatoms. The van der Waals surface area contributed by atoms with Gasteiger partial charge in [0.2, 0.25) is 22.7 Å². The Kier molecular flexibility index (Phi) is 10.9. The lowest BCUT2D eigenvalue weighted by Crippen LogP contribution is -2.58. The first-order chi connectivity index (χ1) is 22.4. The van der Waals surface area contributed by atoms with Crippen LogP contribution >= 0.6 is 0 Å². The first-order valence-electron chi connectivity index (χ1n) is 15.7. The highest BCUT2D eigenvalue weighted by Crippen LogP contribution is 2.38. The number of hydrogen-bond acceptors (Lipinski definition) is 10. The van der Waals surface area contributed by atoms with Crippen molar-refractivity contribution >= 4 is 22.0 Å². The van der Waals surface area contributed by atoms with Crippen LogP contribution in [-0.2, 0) is 30.7 Å². The number of carbonyl (C=O) groups is 2. The zero-order chi connectivity index (χ0) is 33.8. The van der Waals surface area contributed by atoms with Gasteiger partial charge in [-0.15, -0.1) is 0 Å². The van der Waals surface area contributed by atoms with Gasteiger partial charge in [-0.1, -0.05) is 44.2 Å². The van der Waals surface area contributed by atoms with Crippen molar-refractivity contribution in [1.29, 1.82) is 0 Å². The molecule has 0 bridgehead atoms. The van der Waals surface area contributed by atoms with Crippen LogP contribution in [0.25, 0.3) is 0 Å². The van der Waals surface area contributed by atoms with Gasteiger partial charge in [0.15, 0.2) is 17.8 Å². The van der Waals surface area contributed by atoms with E-state index in [1.54, 1.807) is 0 Å². The van der Waals surface area contributed by atoms with Crippen LogP contribution in [0, 0.1) is 11.3 Å². The maximum atomic E-state index is 14.3. The van der Waals surface area contributed by atoms with E-state index in [1.165, 1.54) is 27.4 Å². The molecule has 258 valence electrons. The third kappa shape index (κ3) is 8.16. The fourth-order valence-electron chi connectivity index (χ4n) is 6.47. The van der Waals surface area contributed by atoms with Crippen LogP contribution in [-0.4, -0.2) is 110 Å². The number of carboxylic acid groups (broad SMARTS) is 1. The van der Waals surface area contributed by atoms with E-state index in [1.807, 2.05) is 44.2 Å². The smallest absolute Gasteiger partial charge is 0.407 e. The summed E-state index contributed by atoms with van der Waals surface area (Å²) >= 11 is 0. The molecular weight excluding hydrogens is 632 g/mol. The van der Waals surface area contributed by atoms with Gasteiger partial charge in [-0.2, -0.15) is 4.31 Å². The maximum absolute atomic E-state index is 14.3. The third-order valence-electron chi connectivity index (χ3n) is 8.96. The molecule has 5 rings (SSSR count). The molecule has 3 heterocycles. The molecule has 0 aliphatic carbocycles. The van der Waals surface area contributed by atoms with Crippen molar-refractivity contribution in [3.8, 4) is 11.5 Å². The van der Waals surface area contributed by atoms with Crippen molar-refractivity contribution in [2.45, 2.75) is 62.5 Å². The molecule has 0 saturated carbocycles. The monoisotopic (exact) mass is 676 g/mol. The van der Waals surface area contributed by atoms with E-state index >= 15 is 0 Å². The molecule has 2 aromatic rings. The summed E-state index contributed by atoms with van der Waals surface area (Å²) in [7, 11) is -4.26. The summed E-state index contributed by atoms with van der Waals surface area (Å²) in [5, 5.41) is 25.3. The number of hydrogen-bond donors (Lipinski definition) is 4. The summed E-state index contributed by atoms with van der Waals surface area (Å²) in [5.74, 6) is 0.153. The average Bonchev–Trinajstić information content (AvgIpc) is 3.79. The van der Waals surface area contributed by atoms with Crippen LogP contribution in [0.15, 0.2) is 53.4 Å². The second kappa shape index (κ2) is 14.7. The average molecular weight is 677 g/mol. The van der Waals surface area contributed by atoms with E-state index < -0.39 is 52.6 Å². The van der Waals surface area contributed by atoms with Gasteiger partial charge >= 0.3 is 6.09 Å². The quantitative estimate of drug-likeness (QED) is 0.214. The molecular formula is C32H44N4O10S. The fourth-order valence-corrected chi connectivity index (χ4v) is 8.13. The zero-order valence-electron chi connectivity index (χ0n) is 26.6. The van der Waals surface area contributed by atoms with Gasteiger partial charge in [-0.3, -0.25) is 9.69 Å². The second-order valence-corrected chi connectivity index (χ2v) is 14.8. The lowest BCUT2D eigenvalue weighted by molar-refractivity contribution is -0.119. The van der Waals surface area contributed by atoms with E-state index in [4.69, 9.17) is 24.7 Å². The zero-order valence-corrected chi connectivity index (χ0v) is 27.4. The van der Waals surface area contributed by atoms with E-state index in [0.29, 0.717) is 25.2 Å². The Hall–Kier alpha value is -3.47. The topological polar surface area (TPSA) is 190 Å². The van der Waals surface area contributed by atoms with E-state index in [9.17, 15) is 28.2 Å². The second-order valence-electron chi connectivity index (χ2n) is 12.9. The summed E-state index contributed by atoms with van der Waals surface area (Å²) in [6, 6.07) is 11.9. The Balaban J connectivity index is 1.47. The number of nitrogens with zero attached hydrogens (tertiary/aromatic N) is 2. The molecule has 47 heavy (non-hydrogen) atoms. The number of nitrogens with two attached hydrogens (primary N) is 1. The molecule has 0 radical (unpaired) electrons. The number of aliphatic hydroxyl groups excluding tert-OH is 1. The van der Waals surface area contributed by atoms with Crippen molar-refractivity contribution in [1.82, 2.24) is 14.5 Å². The number of sulfonamides is 1. The maximum Gasteiger partial charge on any atom is 0.407 e. The Bertz CT molecular complexity index is 1510. The van der Waals surface area contributed by atoms with Gasteiger partial charge in [0.05, 0.1) is 42.8 Å². The molecule has 3 aliphatic rings. The van der Waals surface area contributed by atoms with Crippen LogP contribution in [0.2, 0.25) is 0 Å². The van der Waals surface area contributed by atoms with Crippen molar-refractivity contribution in [2.24, 2.45) is 17.1 Å². The highest BCUT2D eigenvalue weighted by atomic mass is 32.2. The molecule has 2 fully saturated rings. The first kappa shape index (κ1) is 34.9. The Morgan fingerprint density at radius 2 is 1.85 bits per heavy atom. The number of ether oxygens (including phenoxy) is 4. The Morgan fingerprint density at radius 1 is 1.11 bits per heavy atom. The lowest BCUT2D eigenvalue weighted by Gasteiger charge is -2.40. The van der Waals surface area contributed by atoms with Crippen molar-refractivity contribution in [2.75, 3.05) is 46.2 Å². The van der Waals surface area contributed by atoms with Gasteiger partial charge < -0.3 is 40.2 Å². The summed E-state index contributed by atoms with van der Waals surface area (Å²) in [5.41, 5.74) is 5.51. The van der Waals surface area contributed by atoms with Gasteiger partial charge in [-0.25, -0.2) is 13.2 Å². The standard InChI is InChI=1S/C32H44N4O10S/c1-32(2,11-12-34-29(38)16-33)19-35(47(41,42)22-8-9-27-28(15-22)46-20-45-27)17-26(37)24(14-21-6-4-3-5-7-21)36(31(39)40)25-18-44-30-23(25)10-13-43-30/h3-9,15,23-26,30,37H,10-14,16-20,33H2,1-2H3,(H,34,38)(H,39,40)/t23-,24-,25-,26+,30+/m0/s1. The number of benzene rings is 2. The van der Waals surface area contributed by atoms with Crippen LogP contribution in [0.4, 0.5) is 4.79 Å². The van der Waals surface area contributed by atoms with Crippen LogP contribution in [0.5, 0.6) is 11.5 Å². The Labute approximate surface area is 274 Å². The molecule has 2 amide bonds. The molecule has 0 unspecified atom stereocenters. The minimum atomic E-state index is -4.26. The predicted molar refractivity (Wildman–Crippen MR) is 169 cm³/mol. The Morgan fingerprint density at radius 3 is 2.57 bits per heavy atom. The van der Waals surface area contributed by atoms with Crippen LogP contribution in [0.3, 0.4) is 0 Å². The SMILES string of the molecule is CC(C)(CCNC(=O)CN)CN(C[C@@H](O)[C@H](Cc1ccccc1)N(C(=O)O)[C@H]1CO[C@H]2OCC[C@H]21)S(=O)(=O)c1ccc2c(c1)OCO2. The van der Waals surface area contributed by atoms with Crippen molar-refractivity contribution in [3.63, 3.8) is 0 Å². The van der Waals surface area contributed by atoms with Gasteiger partial charge in [0.25, 0.3) is 0 Å². The molecule has 5 atom stereocenters.